The van der Waals surface area contributed by atoms with Gasteiger partial charge < -0.3 is 5.32 Å². The van der Waals surface area contributed by atoms with Crippen LogP contribution in [0.25, 0.3) is 10.9 Å². The molecule has 0 aliphatic carbocycles. The van der Waals surface area contributed by atoms with Crippen molar-refractivity contribution in [1.82, 2.24) is 4.98 Å². The summed E-state index contributed by atoms with van der Waals surface area (Å²) in [7, 11) is 0. The number of pyridine rings is 1. The molecule has 2 aromatic carbocycles. The molecule has 0 saturated carbocycles. The summed E-state index contributed by atoms with van der Waals surface area (Å²) in [5.41, 5.74) is 4.45. The summed E-state index contributed by atoms with van der Waals surface area (Å²) in [6.45, 7) is 2.82. The topological polar surface area (TPSA) is 24.9 Å². The lowest BCUT2D eigenvalue weighted by atomic mass is 10.2. The van der Waals surface area contributed by atoms with Gasteiger partial charge in [0, 0.05) is 15.5 Å². The maximum atomic E-state index is 4.67. The molecule has 0 fully saturated rings. The van der Waals surface area contributed by atoms with Crippen molar-refractivity contribution < 1.29 is 0 Å². The van der Waals surface area contributed by atoms with Crippen LogP contribution in [-0.2, 0) is 6.54 Å². The Morgan fingerprint density at radius 3 is 2.80 bits per heavy atom. The number of hydrogen-bond acceptors (Lipinski definition) is 2. The van der Waals surface area contributed by atoms with E-state index in [1.165, 1.54) is 10.9 Å². The van der Waals surface area contributed by atoms with E-state index >= 15 is 0 Å². The number of fused-ring (bicyclic) bond motifs is 1. The summed E-state index contributed by atoms with van der Waals surface area (Å²) >= 11 is 3.50. The van der Waals surface area contributed by atoms with Crippen molar-refractivity contribution in [2.75, 3.05) is 5.32 Å². The van der Waals surface area contributed by atoms with Crippen molar-refractivity contribution in [3.63, 3.8) is 0 Å². The number of aryl methyl sites for hydroxylation is 1. The summed E-state index contributed by atoms with van der Waals surface area (Å²) in [5, 5.41) is 4.62. The van der Waals surface area contributed by atoms with Crippen LogP contribution in [0, 0.1) is 6.92 Å². The molecule has 100 valence electrons. The molecule has 3 rings (SSSR count). The van der Waals surface area contributed by atoms with Crippen LogP contribution in [0.5, 0.6) is 0 Å². The molecule has 0 spiro atoms. The molecular weight excluding hydrogens is 312 g/mol. The number of aromatic nitrogens is 1. The molecule has 0 atom stereocenters. The van der Waals surface area contributed by atoms with E-state index in [2.05, 4.69) is 69.6 Å². The van der Waals surface area contributed by atoms with Crippen LogP contribution < -0.4 is 5.32 Å². The molecule has 3 aromatic rings. The first-order chi connectivity index (χ1) is 9.72. The summed E-state index contributed by atoms with van der Waals surface area (Å²) in [5.74, 6) is 0. The Labute approximate surface area is 127 Å². The monoisotopic (exact) mass is 326 g/mol. The van der Waals surface area contributed by atoms with E-state index in [9.17, 15) is 0 Å². The average Bonchev–Trinajstić information content (AvgIpc) is 2.48. The highest BCUT2D eigenvalue weighted by atomic mass is 79.9. The maximum absolute atomic E-state index is 4.67. The Hall–Kier alpha value is -1.87. The molecule has 0 saturated heterocycles. The van der Waals surface area contributed by atoms with Gasteiger partial charge in [-0.15, -0.1) is 0 Å². The first-order valence-corrected chi connectivity index (χ1v) is 7.36. The van der Waals surface area contributed by atoms with E-state index in [1.807, 2.05) is 18.2 Å². The maximum Gasteiger partial charge on any atom is 0.0706 e. The SMILES string of the molecule is Cc1ccc(Br)cc1NCc1ccc2ccccc2n1. The van der Waals surface area contributed by atoms with E-state index in [0.717, 1.165) is 27.9 Å². The van der Waals surface area contributed by atoms with Gasteiger partial charge in [0.15, 0.2) is 0 Å². The van der Waals surface area contributed by atoms with Crippen molar-refractivity contribution >= 4 is 32.5 Å². The van der Waals surface area contributed by atoms with Gasteiger partial charge in [0.05, 0.1) is 17.8 Å². The zero-order valence-corrected chi connectivity index (χ0v) is 12.8. The van der Waals surface area contributed by atoms with Crippen molar-refractivity contribution in [2.45, 2.75) is 13.5 Å². The lowest BCUT2D eigenvalue weighted by molar-refractivity contribution is 1.06. The van der Waals surface area contributed by atoms with Crippen LogP contribution >= 0.6 is 15.9 Å². The smallest absolute Gasteiger partial charge is 0.0706 e. The number of para-hydroxylation sites is 1. The first-order valence-electron chi connectivity index (χ1n) is 6.57. The Morgan fingerprint density at radius 2 is 1.90 bits per heavy atom. The average molecular weight is 327 g/mol. The molecule has 1 aromatic heterocycles. The third kappa shape index (κ3) is 2.83. The normalized spacial score (nSPS) is 10.7. The molecule has 1 N–H and O–H groups in total. The highest BCUT2D eigenvalue weighted by Crippen LogP contribution is 2.21. The van der Waals surface area contributed by atoms with Crippen LogP contribution in [0.4, 0.5) is 5.69 Å². The van der Waals surface area contributed by atoms with Crippen LogP contribution in [-0.4, -0.2) is 4.98 Å². The molecule has 3 heteroatoms. The van der Waals surface area contributed by atoms with E-state index in [4.69, 9.17) is 0 Å². The molecule has 0 amide bonds. The zero-order valence-electron chi connectivity index (χ0n) is 11.2. The molecule has 0 unspecified atom stereocenters. The quantitative estimate of drug-likeness (QED) is 0.739. The second-order valence-corrected chi connectivity index (χ2v) is 5.72. The van der Waals surface area contributed by atoms with Crippen molar-refractivity contribution in [3.05, 3.63) is 70.3 Å². The third-order valence-corrected chi connectivity index (χ3v) is 3.81. The van der Waals surface area contributed by atoms with Crippen LogP contribution in [0.2, 0.25) is 0 Å². The highest BCUT2D eigenvalue weighted by Gasteiger charge is 2.01. The number of nitrogens with one attached hydrogen (secondary N) is 1. The predicted molar refractivity (Wildman–Crippen MR) is 87.9 cm³/mol. The Balaban J connectivity index is 1.81. The van der Waals surface area contributed by atoms with Gasteiger partial charge >= 0.3 is 0 Å². The number of benzene rings is 2. The second kappa shape index (κ2) is 5.63. The lowest BCUT2D eigenvalue weighted by Crippen LogP contribution is -2.03. The van der Waals surface area contributed by atoms with Crippen molar-refractivity contribution in [2.24, 2.45) is 0 Å². The predicted octanol–water partition coefficient (Wildman–Crippen LogP) is 4.92. The van der Waals surface area contributed by atoms with Gasteiger partial charge in [0.1, 0.15) is 0 Å². The highest BCUT2D eigenvalue weighted by molar-refractivity contribution is 9.10. The minimum Gasteiger partial charge on any atom is -0.379 e. The number of halogens is 1. The van der Waals surface area contributed by atoms with Gasteiger partial charge in [-0.05, 0) is 36.8 Å². The summed E-state index contributed by atoms with van der Waals surface area (Å²) < 4.78 is 1.08. The molecule has 0 radical (unpaired) electrons. The lowest BCUT2D eigenvalue weighted by Gasteiger charge is -2.10. The largest absolute Gasteiger partial charge is 0.379 e. The number of rotatable bonds is 3. The molecule has 20 heavy (non-hydrogen) atoms. The van der Waals surface area contributed by atoms with Crippen molar-refractivity contribution in [1.29, 1.82) is 0 Å². The van der Waals surface area contributed by atoms with E-state index in [-0.39, 0.29) is 0 Å². The van der Waals surface area contributed by atoms with Gasteiger partial charge in [-0.2, -0.15) is 0 Å². The fourth-order valence-corrected chi connectivity index (χ4v) is 2.54. The van der Waals surface area contributed by atoms with E-state index in [0.29, 0.717) is 0 Å². The van der Waals surface area contributed by atoms with Gasteiger partial charge in [-0.1, -0.05) is 46.3 Å². The first kappa shape index (κ1) is 13.1. The fourth-order valence-electron chi connectivity index (χ4n) is 2.18. The minimum absolute atomic E-state index is 0.724. The standard InChI is InChI=1S/C17H15BrN2/c1-12-6-8-14(18)10-17(12)19-11-15-9-7-13-4-2-3-5-16(13)20-15/h2-10,19H,11H2,1H3. The number of nitrogens with zero attached hydrogens (tertiary/aromatic N) is 1. The molecule has 0 aliphatic rings. The van der Waals surface area contributed by atoms with Crippen LogP contribution in [0.1, 0.15) is 11.3 Å². The molecule has 0 bridgehead atoms. The molecule has 2 nitrogen and oxygen atoms in total. The molecule has 0 aliphatic heterocycles. The van der Waals surface area contributed by atoms with E-state index in [1.54, 1.807) is 0 Å². The van der Waals surface area contributed by atoms with Crippen molar-refractivity contribution in [3.8, 4) is 0 Å². The summed E-state index contributed by atoms with van der Waals surface area (Å²) in [4.78, 5) is 4.67. The van der Waals surface area contributed by atoms with Gasteiger partial charge in [0.2, 0.25) is 0 Å². The summed E-state index contributed by atoms with van der Waals surface area (Å²) in [6.07, 6.45) is 0. The van der Waals surface area contributed by atoms with Crippen LogP contribution in [0.15, 0.2) is 59.1 Å². The van der Waals surface area contributed by atoms with Gasteiger partial charge in [0.25, 0.3) is 0 Å². The Kier molecular flexibility index (Phi) is 3.70. The Morgan fingerprint density at radius 1 is 1.05 bits per heavy atom. The van der Waals surface area contributed by atoms with Gasteiger partial charge in [-0.25, -0.2) is 0 Å². The molecular formula is C17H15BrN2. The van der Waals surface area contributed by atoms with E-state index < -0.39 is 0 Å². The minimum atomic E-state index is 0.724. The summed E-state index contributed by atoms with van der Waals surface area (Å²) in [6, 6.07) is 18.6. The number of hydrogen-bond donors (Lipinski definition) is 1. The molecule has 1 heterocycles. The van der Waals surface area contributed by atoms with Crippen LogP contribution in [0.3, 0.4) is 0 Å². The second-order valence-electron chi connectivity index (χ2n) is 4.81. The van der Waals surface area contributed by atoms with Gasteiger partial charge in [-0.3, -0.25) is 4.98 Å². The number of anilines is 1. The fraction of sp³-hybridized carbons (Fsp3) is 0.118. The Bertz CT molecular complexity index is 753. The zero-order chi connectivity index (χ0) is 13.9. The third-order valence-electron chi connectivity index (χ3n) is 3.32.